The molecule has 3 heteroatoms. The summed E-state index contributed by atoms with van der Waals surface area (Å²) in [7, 11) is 1.82. The van der Waals surface area contributed by atoms with Crippen molar-refractivity contribution in [1.29, 1.82) is 0 Å². The highest BCUT2D eigenvalue weighted by atomic mass is 16.2. The van der Waals surface area contributed by atoms with Crippen molar-refractivity contribution in [2.75, 3.05) is 26.7 Å². The summed E-state index contributed by atoms with van der Waals surface area (Å²) in [5, 5.41) is 2.91. The van der Waals surface area contributed by atoms with E-state index in [2.05, 4.69) is 12.2 Å². The lowest BCUT2D eigenvalue weighted by molar-refractivity contribution is -0.131. The molecule has 0 radical (unpaired) electrons. The van der Waals surface area contributed by atoms with E-state index in [9.17, 15) is 4.79 Å². The summed E-state index contributed by atoms with van der Waals surface area (Å²) >= 11 is 0. The molecule has 1 amide bonds. The van der Waals surface area contributed by atoms with Gasteiger partial charge in [0.05, 0.1) is 6.54 Å². The molecule has 1 rings (SSSR count). The van der Waals surface area contributed by atoms with Crippen molar-refractivity contribution in [2.24, 2.45) is 5.92 Å². The minimum Gasteiger partial charge on any atom is -0.342 e. The molecule has 0 unspecified atom stereocenters. The van der Waals surface area contributed by atoms with Crippen LogP contribution < -0.4 is 5.32 Å². The molecule has 1 heterocycles. The predicted octanol–water partition coefficient (Wildman–Crippen LogP) is 1.24. The largest absolute Gasteiger partial charge is 0.342 e. The maximum atomic E-state index is 11.5. The Balaban J connectivity index is 2.24. The van der Waals surface area contributed by atoms with Crippen LogP contribution in [-0.4, -0.2) is 37.5 Å². The lowest BCUT2D eigenvalue weighted by Gasteiger charge is -2.31. The van der Waals surface area contributed by atoms with Crippen LogP contribution in [0.1, 0.15) is 32.6 Å². The van der Waals surface area contributed by atoms with Gasteiger partial charge in [0.2, 0.25) is 5.91 Å². The van der Waals surface area contributed by atoms with Crippen molar-refractivity contribution in [3.8, 4) is 0 Å². The van der Waals surface area contributed by atoms with Crippen LogP contribution in [0, 0.1) is 5.92 Å². The van der Waals surface area contributed by atoms with Crippen molar-refractivity contribution in [3.63, 3.8) is 0 Å². The Hall–Kier alpha value is -0.570. The van der Waals surface area contributed by atoms with Gasteiger partial charge < -0.3 is 10.2 Å². The molecule has 1 saturated heterocycles. The number of nitrogens with zero attached hydrogens (tertiary/aromatic N) is 1. The van der Waals surface area contributed by atoms with Crippen LogP contribution in [0.15, 0.2) is 0 Å². The number of hydrogen-bond acceptors (Lipinski definition) is 2. The first kappa shape index (κ1) is 11.5. The Morgan fingerprint density at radius 2 is 2.07 bits per heavy atom. The van der Waals surface area contributed by atoms with Gasteiger partial charge in [-0.1, -0.05) is 19.8 Å². The fraction of sp³-hybridized carbons (Fsp3) is 0.909. The van der Waals surface area contributed by atoms with Gasteiger partial charge in [-0.3, -0.25) is 4.79 Å². The SMILES string of the molecule is CCCC1CCN(C(=O)CNC)CC1. The number of rotatable bonds is 4. The van der Waals surface area contributed by atoms with Gasteiger partial charge in [-0.2, -0.15) is 0 Å². The van der Waals surface area contributed by atoms with E-state index in [1.54, 1.807) is 0 Å². The molecule has 1 aliphatic heterocycles. The fourth-order valence-electron chi connectivity index (χ4n) is 2.14. The van der Waals surface area contributed by atoms with E-state index < -0.39 is 0 Å². The number of carbonyl (C=O) groups excluding carboxylic acids is 1. The van der Waals surface area contributed by atoms with Gasteiger partial charge in [0.1, 0.15) is 0 Å². The van der Waals surface area contributed by atoms with E-state index in [4.69, 9.17) is 0 Å². The highest BCUT2D eigenvalue weighted by Gasteiger charge is 2.21. The predicted molar refractivity (Wildman–Crippen MR) is 58.1 cm³/mol. The van der Waals surface area contributed by atoms with E-state index in [1.807, 2.05) is 11.9 Å². The Bertz CT molecular complexity index is 174. The number of likely N-dealkylation sites (tertiary alicyclic amines) is 1. The van der Waals surface area contributed by atoms with E-state index in [0.717, 1.165) is 19.0 Å². The highest BCUT2D eigenvalue weighted by molar-refractivity contribution is 5.78. The molecule has 0 aliphatic carbocycles. The molecular weight excluding hydrogens is 176 g/mol. The third kappa shape index (κ3) is 3.29. The zero-order valence-corrected chi connectivity index (χ0v) is 9.38. The lowest BCUT2D eigenvalue weighted by Crippen LogP contribution is -2.42. The number of nitrogens with one attached hydrogen (secondary N) is 1. The van der Waals surface area contributed by atoms with Gasteiger partial charge in [0, 0.05) is 13.1 Å². The van der Waals surface area contributed by atoms with Crippen LogP contribution in [0.4, 0.5) is 0 Å². The molecule has 14 heavy (non-hydrogen) atoms. The molecule has 0 aromatic rings. The zero-order chi connectivity index (χ0) is 10.4. The quantitative estimate of drug-likeness (QED) is 0.737. The molecule has 0 spiro atoms. The molecule has 3 nitrogen and oxygen atoms in total. The minimum atomic E-state index is 0.252. The smallest absolute Gasteiger partial charge is 0.236 e. The first-order chi connectivity index (χ1) is 6.77. The molecule has 1 N–H and O–H groups in total. The lowest BCUT2D eigenvalue weighted by atomic mass is 9.92. The maximum Gasteiger partial charge on any atom is 0.236 e. The summed E-state index contributed by atoms with van der Waals surface area (Å²) < 4.78 is 0. The number of carbonyl (C=O) groups is 1. The average Bonchev–Trinajstić information content (AvgIpc) is 2.20. The van der Waals surface area contributed by atoms with Crippen molar-refractivity contribution >= 4 is 5.91 Å². The third-order valence-corrected chi connectivity index (χ3v) is 2.99. The molecular formula is C11H22N2O. The second kappa shape index (κ2) is 6.02. The number of amides is 1. The maximum absolute atomic E-state index is 11.5. The Kier molecular flexibility index (Phi) is 4.94. The van der Waals surface area contributed by atoms with Crippen LogP contribution in [0.3, 0.4) is 0 Å². The third-order valence-electron chi connectivity index (χ3n) is 2.99. The van der Waals surface area contributed by atoms with Crippen LogP contribution in [0.5, 0.6) is 0 Å². The summed E-state index contributed by atoms with van der Waals surface area (Å²) in [6, 6.07) is 0. The molecule has 0 bridgehead atoms. The number of hydrogen-bond donors (Lipinski definition) is 1. The highest BCUT2D eigenvalue weighted by Crippen LogP contribution is 2.21. The standard InChI is InChI=1S/C11H22N2O/c1-3-4-10-5-7-13(8-6-10)11(14)9-12-2/h10,12H,3-9H2,1-2H3. The van der Waals surface area contributed by atoms with Crippen LogP contribution in [0.2, 0.25) is 0 Å². The molecule has 1 fully saturated rings. The Morgan fingerprint density at radius 3 is 2.57 bits per heavy atom. The van der Waals surface area contributed by atoms with Crippen LogP contribution in [-0.2, 0) is 4.79 Å². The minimum absolute atomic E-state index is 0.252. The van der Waals surface area contributed by atoms with Gasteiger partial charge in [-0.15, -0.1) is 0 Å². The first-order valence-electron chi connectivity index (χ1n) is 5.70. The second-order valence-electron chi connectivity index (χ2n) is 4.14. The summed E-state index contributed by atoms with van der Waals surface area (Å²) in [4.78, 5) is 13.5. The normalized spacial score (nSPS) is 18.6. The monoisotopic (exact) mass is 198 g/mol. The van der Waals surface area contributed by atoms with Gasteiger partial charge in [-0.05, 0) is 25.8 Å². The van der Waals surface area contributed by atoms with E-state index in [0.29, 0.717) is 6.54 Å². The molecule has 82 valence electrons. The Morgan fingerprint density at radius 1 is 1.43 bits per heavy atom. The van der Waals surface area contributed by atoms with Crippen molar-refractivity contribution in [3.05, 3.63) is 0 Å². The molecule has 0 aromatic carbocycles. The summed E-state index contributed by atoms with van der Waals surface area (Å²) in [5.74, 6) is 1.11. The zero-order valence-electron chi connectivity index (χ0n) is 9.38. The van der Waals surface area contributed by atoms with Crippen LogP contribution >= 0.6 is 0 Å². The average molecular weight is 198 g/mol. The summed E-state index contributed by atoms with van der Waals surface area (Å²) in [6.07, 6.45) is 5.00. The van der Waals surface area contributed by atoms with E-state index in [1.165, 1.54) is 25.7 Å². The molecule has 1 aliphatic rings. The topological polar surface area (TPSA) is 32.3 Å². The summed E-state index contributed by atoms with van der Waals surface area (Å²) in [6.45, 7) is 4.65. The fourth-order valence-corrected chi connectivity index (χ4v) is 2.14. The van der Waals surface area contributed by atoms with E-state index >= 15 is 0 Å². The molecule has 0 saturated carbocycles. The van der Waals surface area contributed by atoms with Gasteiger partial charge in [0.15, 0.2) is 0 Å². The molecule has 0 aromatic heterocycles. The van der Waals surface area contributed by atoms with Gasteiger partial charge in [0.25, 0.3) is 0 Å². The number of likely N-dealkylation sites (N-methyl/N-ethyl adjacent to an activating group) is 1. The van der Waals surface area contributed by atoms with Gasteiger partial charge >= 0.3 is 0 Å². The van der Waals surface area contributed by atoms with Crippen molar-refractivity contribution in [1.82, 2.24) is 10.2 Å². The first-order valence-corrected chi connectivity index (χ1v) is 5.70. The Labute approximate surface area is 86.9 Å². The summed E-state index contributed by atoms with van der Waals surface area (Å²) in [5.41, 5.74) is 0. The van der Waals surface area contributed by atoms with Crippen molar-refractivity contribution < 1.29 is 4.79 Å². The second-order valence-corrected chi connectivity index (χ2v) is 4.14. The molecule has 0 atom stereocenters. The van der Waals surface area contributed by atoms with Crippen LogP contribution in [0.25, 0.3) is 0 Å². The van der Waals surface area contributed by atoms with Gasteiger partial charge in [-0.25, -0.2) is 0 Å². The van der Waals surface area contributed by atoms with Crippen molar-refractivity contribution in [2.45, 2.75) is 32.6 Å². The van der Waals surface area contributed by atoms with E-state index in [-0.39, 0.29) is 5.91 Å². The number of piperidine rings is 1.